The molecule has 0 aliphatic heterocycles. The Hall–Kier alpha value is -1.35. The fourth-order valence-corrected chi connectivity index (χ4v) is 4.54. The van der Waals surface area contributed by atoms with Gasteiger partial charge >= 0.3 is 0 Å². The zero-order valence-corrected chi connectivity index (χ0v) is 13.3. The second-order valence-corrected chi connectivity index (χ2v) is 7.61. The molecule has 2 aliphatic carbocycles. The van der Waals surface area contributed by atoms with E-state index in [1.165, 1.54) is 24.8 Å². The van der Waals surface area contributed by atoms with Gasteiger partial charge in [0.25, 0.3) is 0 Å². The van der Waals surface area contributed by atoms with E-state index in [9.17, 15) is 4.79 Å². The van der Waals surface area contributed by atoms with Crippen LogP contribution in [0.1, 0.15) is 56.0 Å². The maximum Gasteiger partial charge on any atom is 0.248 e. The predicted octanol–water partition coefficient (Wildman–Crippen LogP) is 3.09. The molecule has 2 saturated carbocycles. The number of carbonyl (C=O) groups is 1. The number of rotatable bonds is 4. The summed E-state index contributed by atoms with van der Waals surface area (Å²) in [7, 11) is 0. The van der Waals surface area contributed by atoms with Crippen molar-refractivity contribution in [3.05, 3.63) is 35.4 Å². The Morgan fingerprint density at radius 1 is 1.29 bits per heavy atom. The molecule has 3 rings (SSSR count). The molecule has 2 bridgehead atoms. The van der Waals surface area contributed by atoms with Gasteiger partial charge in [-0.25, -0.2) is 0 Å². The highest BCUT2D eigenvalue weighted by atomic mass is 16.1. The fraction of sp³-hybridized carbons (Fsp3) is 0.611. The van der Waals surface area contributed by atoms with Gasteiger partial charge in [0.2, 0.25) is 5.91 Å². The summed E-state index contributed by atoms with van der Waals surface area (Å²) in [4.78, 5) is 11.1. The maximum atomic E-state index is 11.1. The first-order valence-electron chi connectivity index (χ1n) is 7.97. The average molecular weight is 286 g/mol. The van der Waals surface area contributed by atoms with Crippen molar-refractivity contribution < 1.29 is 4.79 Å². The Balaban J connectivity index is 1.65. The van der Waals surface area contributed by atoms with Crippen LogP contribution < -0.4 is 11.1 Å². The molecule has 1 aromatic carbocycles. The van der Waals surface area contributed by atoms with E-state index in [2.05, 4.69) is 26.1 Å². The van der Waals surface area contributed by atoms with Crippen LogP contribution in [0.3, 0.4) is 0 Å². The van der Waals surface area contributed by atoms with Crippen molar-refractivity contribution in [2.75, 3.05) is 0 Å². The third-order valence-corrected chi connectivity index (χ3v) is 6.59. The SMILES string of the molecule is CC1(C)C2CCC1(C)C(NCc1ccc(C(N)=O)cc1)C2. The molecule has 3 unspecified atom stereocenters. The Labute approximate surface area is 127 Å². The van der Waals surface area contributed by atoms with Gasteiger partial charge in [0.05, 0.1) is 0 Å². The second kappa shape index (κ2) is 4.84. The van der Waals surface area contributed by atoms with Crippen LogP contribution in [0.5, 0.6) is 0 Å². The van der Waals surface area contributed by atoms with Gasteiger partial charge in [-0.05, 0) is 53.7 Å². The molecule has 2 aliphatic rings. The molecule has 3 N–H and O–H groups in total. The molecule has 114 valence electrons. The summed E-state index contributed by atoms with van der Waals surface area (Å²) in [5.74, 6) is 0.495. The summed E-state index contributed by atoms with van der Waals surface area (Å²) < 4.78 is 0. The lowest BCUT2D eigenvalue weighted by Gasteiger charge is -2.39. The maximum absolute atomic E-state index is 11.1. The van der Waals surface area contributed by atoms with Crippen molar-refractivity contribution in [3.8, 4) is 0 Å². The predicted molar refractivity (Wildman–Crippen MR) is 84.8 cm³/mol. The third-order valence-electron chi connectivity index (χ3n) is 6.59. The minimum Gasteiger partial charge on any atom is -0.366 e. The van der Waals surface area contributed by atoms with E-state index in [0.717, 1.165) is 12.5 Å². The van der Waals surface area contributed by atoms with E-state index in [1.54, 1.807) is 0 Å². The van der Waals surface area contributed by atoms with Crippen molar-refractivity contribution >= 4 is 5.91 Å². The lowest BCUT2D eigenvalue weighted by Crippen LogP contribution is -2.44. The highest BCUT2D eigenvalue weighted by Crippen LogP contribution is 2.65. The molecular weight excluding hydrogens is 260 g/mol. The number of carbonyl (C=O) groups excluding carboxylic acids is 1. The van der Waals surface area contributed by atoms with Crippen molar-refractivity contribution in [1.29, 1.82) is 0 Å². The van der Waals surface area contributed by atoms with Gasteiger partial charge in [0.1, 0.15) is 0 Å². The number of benzene rings is 1. The number of hydrogen-bond donors (Lipinski definition) is 2. The first-order valence-corrected chi connectivity index (χ1v) is 7.97. The van der Waals surface area contributed by atoms with Gasteiger partial charge in [-0.3, -0.25) is 4.79 Å². The Bertz CT molecular complexity index is 549. The standard InChI is InChI=1S/C18H26N2O/c1-17(2)14-8-9-18(17,3)15(10-14)20-11-12-4-6-13(7-5-12)16(19)21/h4-7,14-15,20H,8-11H2,1-3H3,(H2,19,21). The van der Waals surface area contributed by atoms with Gasteiger partial charge < -0.3 is 11.1 Å². The lowest BCUT2D eigenvalue weighted by molar-refractivity contribution is 0.100. The normalized spacial score (nSPS) is 33.3. The molecule has 3 heteroatoms. The van der Waals surface area contributed by atoms with Gasteiger partial charge in [0, 0.05) is 18.2 Å². The molecule has 2 fully saturated rings. The van der Waals surface area contributed by atoms with Crippen LogP contribution in [0, 0.1) is 16.7 Å². The monoisotopic (exact) mass is 286 g/mol. The smallest absolute Gasteiger partial charge is 0.248 e. The zero-order valence-electron chi connectivity index (χ0n) is 13.3. The van der Waals surface area contributed by atoms with Crippen LogP contribution in [0.4, 0.5) is 0 Å². The number of amides is 1. The molecule has 0 radical (unpaired) electrons. The van der Waals surface area contributed by atoms with Crippen LogP contribution in [0.25, 0.3) is 0 Å². The first kappa shape index (κ1) is 14.6. The van der Waals surface area contributed by atoms with E-state index in [1.807, 2.05) is 24.3 Å². The van der Waals surface area contributed by atoms with E-state index < -0.39 is 0 Å². The van der Waals surface area contributed by atoms with Crippen LogP contribution in [-0.2, 0) is 6.54 Å². The summed E-state index contributed by atoms with van der Waals surface area (Å²) in [6.07, 6.45) is 4.01. The van der Waals surface area contributed by atoms with Gasteiger partial charge in [-0.2, -0.15) is 0 Å². The lowest BCUT2D eigenvalue weighted by atomic mass is 9.69. The van der Waals surface area contributed by atoms with E-state index in [4.69, 9.17) is 5.73 Å². The molecule has 3 atom stereocenters. The molecule has 3 nitrogen and oxygen atoms in total. The summed E-state index contributed by atoms with van der Waals surface area (Å²) in [6.45, 7) is 8.19. The second-order valence-electron chi connectivity index (χ2n) is 7.61. The van der Waals surface area contributed by atoms with Gasteiger partial charge in [0.15, 0.2) is 0 Å². The van der Waals surface area contributed by atoms with Crippen molar-refractivity contribution in [3.63, 3.8) is 0 Å². The third kappa shape index (κ3) is 2.18. The molecule has 1 aromatic rings. The number of primary amides is 1. The highest BCUT2D eigenvalue weighted by molar-refractivity contribution is 5.92. The number of nitrogens with two attached hydrogens (primary N) is 1. The average Bonchev–Trinajstić information content (AvgIpc) is 2.78. The minimum absolute atomic E-state index is 0.364. The van der Waals surface area contributed by atoms with Gasteiger partial charge in [-0.15, -0.1) is 0 Å². The summed E-state index contributed by atoms with van der Waals surface area (Å²) in [5.41, 5.74) is 7.91. The van der Waals surface area contributed by atoms with Crippen LogP contribution in [-0.4, -0.2) is 11.9 Å². The topological polar surface area (TPSA) is 55.1 Å². The summed E-state index contributed by atoms with van der Waals surface area (Å²) >= 11 is 0. The molecule has 0 heterocycles. The molecule has 21 heavy (non-hydrogen) atoms. The Morgan fingerprint density at radius 3 is 2.43 bits per heavy atom. The van der Waals surface area contributed by atoms with Crippen LogP contribution in [0.2, 0.25) is 0 Å². The number of nitrogens with one attached hydrogen (secondary N) is 1. The molecular formula is C18H26N2O. The number of fused-ring (bicyclic) bond motifs is 2. The largest absolute Gasteiger partial charge is 0.366 e. The van der Waals surface area contributed by atoms with Crippen molar-refractivity contribution in [1.82, 2.24) is 5.32 Å². The van der Waals surface area contributed by atoms with E-state index in [-0.39, 0.29) is 5.91 Å². The summed E-state index contributed by atoms with van der Waals surface area (Å²) in [6, 6.07) is 8.21. The Kier molecular flexibility index (Phi) is 3.36. The van der Waals surface area contributed by atoms with E-state index in [0.29, 0.717) is 22.4 Å². The van der Waals surface area contributed by atoms with Crippen molar-refractivity contribution in [2.24, 2.45) is 22.5 Å². The Morgan fingerprint density at radius 2 is 1.95 bits per heavy atom. The first-order chi connectivity index (χ1) is 9.84. The minimum atomic E-state index is -0.364. The van der Waals surface area contributed by atoms with E-state index >= 15 is 0 Å². The van der Waals surface area contributed by atoms with Crippen molar-refractivity contribution in [2.45, 2.75) is 52.6 Å². The summed E-state index contributed by atoms with van der Waals surface area (Å²) in [5, 5.41) is 3.76. The zero-order chi connectivity index (χ0) is 15.3. The highest BCUT2D eigenvalue weighted by Gasteiger charge is 2.60. The molecule has 0 spiro atoms. The van der Waals surface area contributed by atoms with Crippen LogP contribution >= 0.6 is 0 Å². The van der Waals surface area contributed by atoms with Gasteiger partial charge in [-0.1, -0.05) is 32.9 Å². The molecule has 0 saturated heterocycles. The number of hydrogen-bond acceptors (Lipinski definition) is 2. The fourth-order valence-electron chi connectivity index (χ4n) is 4.54. The van der Waals surface area contributed by atoms with Crippen LogP contribution in [0.15, 0.2) is 24.3 Å². The molecule has 0 aromatic heterocycles. The quantitative estimate of drug-likeness (QED) is 0.893. The molecule has 1 amide bonds.